The molecular formula is C24H31F. The fourth-order valence-corrected chi connectivity index (χ4v) is 4.14. The zero-order valence-corrected chi connectivity index (χ0v) is 15.7. The van der Waals surface area contributed by atoms with Crippen molar-refractivity contribution < 1.29 is 4.39 Å². The second kappa shape index (κ2) is 8.65. The first-order valence-corrected chi connectivity index (χ1v) is 10.1. The van der Waals surface area contributed by atoms with Gasteiger partial charge in [-0.25, -0.2) is 4.39 Å². The van der Waals surface area contributed by atoms with Crippen LogP contribution in [-0.4, -0.2) is 0 Å². The van der Waals surface area contributed by atoms with Crippen LogP contribution in [0.1, 0.15) is 74.1 Å². The largest absolute Gasteiger partial charge is 0.207 e. The highest BCUT2D eigenvalue weighted by molar-refractivity contribution is 5.29. The number of rotatable bonds is 6. The highest BCUT2D eigenvalue weighted by Gasteiger charge is 2.21. The van der Waals surface area contributed by atoms with E-state index in [0.29, 0.717) is 5.92 Å². The van der Waals surface area contributed by atoms with E-state index in [9.17, 15) is 4.39 Å². The monoisotopic (exact) mass is 338 g/mol. The molecule has 1 aliphatic carbocycles. The van der Waals surface area contributed by atoms with E-state index in [0.717, 1.165) is 30.7 Å². The van der Waals surface area contributed by atoms with E-state index in [1.54, 1.807) is 0 Å². The molecule has 0 aromatic heterocycles. The van der Waals surface area contributed by atoms with Crippen molar-refractivity contribution in [3.63, 3.8) is 0 Å². The lowest BCUT2D eigenvalue weighted by molar-refractivity contribution is 0.318. The second-order valence-electron chi connectivity index (χ2n) is 7.65. The molecule has 0 heterocycles. The van der Waals surface area contributed by atoms with E-state index in [2.05, 4.69) is 44.2 Å². The van der Waals surface area contributed by atoms with Crippen LogP contribution in [0.5, 0.6) is 0 Å². The Kier molecular flexibility index (Phi) is 6.29. The van der Waals surface area contributed by atoms with Gasteiger partial charge in [-0.1, -0.05) is 56.7 Å². The van der Waals surface area contributed by atoms with Gasteiger partial charge in [0.25, 0.3) is 0 Å². The average Bonchev–Trinajstić information content (AvgIpc) is 2.67. The number of aryl methyl sites for hydroxylation is 3. The minimum atomic E-state index is -0.0136. The Bertz CT molecular complexity index is 663. The van der Waals surface area contributed by atoms with Crippen LogP contribution >= 0.6 is 0 Å². The van der Waals surface area contributed by atoms with Gasteiger partial charge < -0.3 is 0 Å². The quantitative estimate of drug-likeness (QED) is 0.540. The summed E-state index contributed by atoms with van der Waals surface area (Å²) >= 11 is 0. The molecule has 0 unspecified atom stereocenters. The van der Waals surface area contributed by atoms with Crippen LogP contribution < -0.4 is 0 Å². The zero-order valence-electron chi connectivity index (χ0n) is 15.7. The van der Waals surface area contributed by atoms with E-state index in [4.69, 9.17) is 0 Å². The van der Waals surface area contributed by atoms with Crippen LogP contribution in [0.15, 0.2) is 42.5 Å². The predicted molar refractivity (Wildman–Crippen MR) is 105 cm³/mol. The van der Waals surface area contributed by atoms with Crippen molar-refractivity contribution in [2.24, 2.45) is 5.92 Å². The number of halogens is 1. The fraction of sp³-hybridized carbons (Fsp3) is 0.500. The molecule has 0 amide bonds. The van der Waals surface area contributed by atoms with Crippen molar-refractivity contribution >= 4 is 0 Å². The van der Waals surface area contributed by atoms with Gasteiger partial charge >= 0.3 is 0 Å². The molecule has 0 bridgehead atoms. The van der Waals surface area contributed by atoms with Crippen LogP contribution in [0.3, 0.4) is 0 Å². The minimum absolute atomic E-state index is 0.0136. The Morgan fingerprint density at radius 1 is 0.840 bits per heavy atom. The molecule has 25 heavy (non-hydrogen) atoms. The van der Waals surface area contributed by atoms with E-state index in [1.807, 2.05) is 12.1 Å². The predicted octanol–water partition coefficient (Wildman–Crippen LogP) is 6.86. The minimum Gasteiger partial charge on any atom is -0.207 e. The molecule has 1 aliphatic rings. The molecule has 2 aromatic carbocycles. The smallest absolute Gasteiger partial charge is 0.126 e. The van der Waals surface area contributed by atoms with Gasteiger partial charge in [0.1, 0.15) is 5.82 Å². The molecule has 3 rings (SSSR count). The number of hydrogen-bond donors (Lipinski definition) is 0. The fourth-order valence-electron chi connectivity index (χ4n) is 4.14. The first-order chi connectivity index (χ1) is 12.2. The molecule has 0 nitrogen and oxygen atoms in total. The van der Waals surface area contributed by atoms with Gasteiger partial charge in [-0.3, -0.25) is 0 Å². The molecule has 0 saturated heterocycles. The highest BCUT2D eigenvalue weighted by Crippen LogP contribution is 2.37. The lowest BCUT2D eigenvalue weighted by atomic mass is 9.77. The maximum atomic E-state index is 14.6. The lowest BCUT2D eigenvalue weighted by Crippen LogP contribution is -2.13. The van der Waals surface area contributed by atoms with Crippen molar-refractivity contribution in [3.05, 3.63) is 70.5 Å². The summed E-state index contributed by atoms with van der Waals surface area (Å²) in [7, 11) is 0. The highest BCUT2D eigenvalue weighted by atomic mass is 19.1. The van der Waals surface area contributed by atoms with Crippen LogP contribution in [0, 0.1) is 11.7 Å². The third-order valence-corrected chi connectivity index (χ3v) is 6.09. The summed E-state index contributed by atoms with van der Waals surface area (Å²) in [4.78, 5) is 0. The number of hydrogen-bond acceptors (Lipinski definition) is 0. The summed E-state index contributed by atoms with van der Waals surface area (Å²) < 4.78 is 14.6. The summed E-state index contributed by atoms with van der Waals surface area (Å²) in [5, 5.41) is 0. The Labute approximate surface area is 152 Å². The Balaban J connectivity index is 1.59. The molecule has 1 saturated carbocycles. The standard InChI is InChI=1S/C24H31F/c1-3-18-5-7-20(8-6-18)11-14-22-15-16-23(17-24(22)25)21-12-9-19(4-2)10-13-21/h5-8,15-17,19,21H,3-4,9-14H2,1-2H3. The van der Waals surface area contributed by atoms with E-state index < -0.39 is 0 Å². The normalized spacial score (nSPS) is 20.6. The van der Waals surface area contributed by atoms with E-state index >= 15 is 0 Å². The molecule has 0 aliphatic heterocycles. The molecule has 0 spiro atoms. The summed E-state index contributed by atoms with van der Waals surface area (Å²) in [6, 6.07) is 14.7. The van der Waals surface area contributed by atoms with Gasteiger partial charge in [0.15, 0.2) is 0 Å². The molecule has 134 valence electrons. The first kappa shape index (κ1) is 18.2. The Morgan fingerprint density at radius 2 is 1.52 bits per heavy atom. The lowest BCUT2D eigenvalue weighted by Gasteiger charge is -2.28. The van der Waals surface area contributed by atoms with E-state index in [-0.39, 0.29) is 5.82 Å². The van der Waals surface area contributed by atoms with Gasteiger partial charge in [-0.15, -0.1) is 0 Å². The maximum Gasteiger partial charge on any atom is 0.126 e. The van der Waals surface area contributed by atoms with Crippen LogP contribution in [-0.2, 0) is 19.3 Å². The van der Waals surface area contributed by atoms with Gasteiger partial charge in [0.2, 0.25) is 0 Å². The first-order valence-electron chi connectivity index (χ1n) is 10.1. The maximum absolute atomic E-state index is 14.6. The molecule has 0 radical (unpaired) electrons. The molecule has 0 N–H and O–H groups in total. The molecule has 2 aromatic rings. The molecule has 1 fully saturated rings. The molecule has 1 heteroatoms. The van der Waals surface area contributed by atoms with Crippen molar-refractivity contribution in [3.8, 4) is 0 Å². The third kappa shape index (κ3) is 4.71. The van der Waals surface area contributed by atoms with Crippen LogP contribution in [0.25, 0.3) is 0 Å². The summed E-state index contributed by atoms with van der Waals surface area (Å²) in [6.07, 6.45) is 9.09. The summed E-state index contributed by atoms with van der Waals surface area (Å²) in [5.74, 6) is 1.44. The molecular weight excluding hydrogens is 307 g/mol. The van der Waals surface area contributed by atoms with Crippen LogP contribution in [0.2, 0.25) is 0 Å². The van der Waals surface area contributed by atoms with Crippen molar-refractivity contribution in [2.75, 3.05) is 0 Å². The second-order valence-corrected chi connectivity index (χ2v) is 7.65. The van der Waals surface area contributed by atoms with E-state index in [1.165, 1.54) is 48.8 Å². The average molecular weight is 339 g/mol. The number of benzene rings is 2. The Hall–Kier alpha value is -1.63. The van der Waals surface area contributed by atoms with Crippen LogP contribution in [0.4, 0.5) is 4.39 Å². The van der Waals surface area contributed by atoms with Crippen molar-refractivity contribution in [1.82, 2.24) is 0 Å². The summed E-state index contributed by atoms with van der Waals surface area (Å²) in [5.41, 5.74) is 4.71. The topological polar surface area (TPSA) is 0 Å². The van der Waals surface area contributed by atoms with Gasteiger partial charge in [-0.05, 0) is 85.1 Å². The molecule has 0 atom stereocenters. The zero-order chi connectivity index (χ0) is 17.6. The van der Waals surface area contributed by atoms with Gasteiger partial charge in [-0.2, -0.15) is 0 Å². The van der Waals surface area contributed by atoms with Gasteiger partial charge in [0.05, 0.1) is 0 Å². The van der Waals surface area contributed by atoms with Crippen molar-refractivity contribution in [2.45, 2.75) is 71.1 Å². The SMILES string of the molecule is CCc1ccc(CCc2ccc(C3CCC(CC)CC3)cc2F)cc1. The van der Waals surface area contributed by atoms with Gasteiger partial charge in [0, 0.05) is 0 Å². The third-order valence-electron chi connectivity index (χ3n) is 6.09. The summed E-state index contributed by atoms with van der Waals surface area (Å²) in [6.45, 7) is 4.45. The van der Waals surface area contributed by atoms with Crippen molar-refractivity contribution in [1.29, 1.82) is 0 Å². The Morgan fingerprint density at radius 3 is 2.12 bits per heavy atom.